The summed E-state index contributed by atoms with van der Waals surface area (Å²) in [5.41, 5.74) is 0.833. The van der Waals surface area contributed by atoms with E-state index in [9.17, 15) is 0 Å². The first kappa shape index (κ1) is 23.3. The molecule has 0 amide bonds. The zero-order chi connectivity index (χ0) is 20.1. The van der Waals surface area contributed by atoms with E-state index in [1.165, 1.54) is 32.2 Å². The Kier molecular flexibility index (Phi) is 8.76. The summed E-state index contributed by atoms with van der Waals surface area (Å²) in [6.45, 7) is 5.48. The molecule has 1 saturated heterocycles. The van der Waals surface area contributed by atoms with Crippen LogP contribution >= 0.6 is 35.6 Å². The van der Waals surface area contributed by atoms with Crippen LogP contribution < -0.4 is 10.6 Å². The molecule has 9 heteroatoms. The van der Waals surface area contributed by atoms with Gasteiger partial charge in [0.1, 0.15) is 6.54 Å². The van der Waals surface area contributed by atoms with Crippen molar-refractivity contribution >= 4 is 41.5 Å². The van der Waals surface area contributed by atoms with E-state index < -0.39 is 0 Å². The molecule has 2 aromatic rings. The molecule has 2 heterocycles. The van der Waals surface area contributed by atoms with Crippen LogP contribution in [0.15, 0.2) is 33.8 Å². The predicted molar refractivity (Wildman–Crippen MR) is 130 cm³/mol. The summed E-state index contributed by atoms with van der Waals surface area (Å²) >= 11 is 6.04. The second-order valence-corrected chi connectivity index (χ2v) is 8.22. The van der Waals surface area contributed by atoms with Crippen molar-refractivity contribution in [3.8, 4) is 11.4 Å². The molecule has 2 N–H and O–H groups in total. The number of rotatable bonds is 6. The summed E-state index contributed by atoms with van der Waals surface area (Å²) in [5.74, 6) is 1.81. The van der Waals surface area contributed by atoms with Crippen LogP contribution in [0.1, 0.15) is 44.9 Å². The number of nitrogens with one attached hydrogen (secondary N) is 2. The molecule has 30 heavy (non-hydrogen) atoms. The van der Waals surface area contributed by atoms with E-state index in [4.69, 9.17) is 16.1 Å². The molecule has 1 aromatic carbocycles. The van der Waals surface area contributed by atoms with E-state index in [1.54, 1.807) is 0 Å². The molecule has 1 aromatic heterocycles. The highest BCUT2D eigenvalue weighted by Gasteiger charge is 2.30. The fourth-order valence-corrected chi connectivity index (χ4v) is 4.42. The van der Waals surface area contributed by atoms with Gasteiger partial charge in [-0.25, -0.2) is 4.99 Å². The predicted octanol–water partition coefficient (Wildman–Crippen LogP) is 4.08. The van der Waals surface area contributed by atoms with Gasteiger partial charge in [-0.15, -0.1) is 24.0 Å². The van der Waals surface area contributed by atoms with Gasteiger partial charge in [0.2, 0.25) is 11.7 Å². The molecule has 0 spiro atoms. The Balaban J connectivity index is 0.00000256. The maximum Gasteiger partial charge on any atom is 0.248 e. The Morgan fingerprint density at radius 1 is 1.30 bits per heavy atom. The van der Waals surface area contributed by atoms with Crippen LogP contribution in [0.5, 0.6) is 0 Å². The molecule has 1 aliphatic carbocycles. The highest BCUT2D eigenvalue weighted by molar-refractivity contribution is 14.0. The van der Waals surface area contributed by atoms with Gasteiger partial charge in [0.15, 0.2) is 5.96 Å². The molecule has 0 radical (unpaired) electrons. The van der Waals surface area contributed by atoms with Crippen molar-refractivity contribution in [1.29, 1.82) is 0 Å². The highest BCUT2D eigenvalue weighted by Crippen LogP contribution is 2.26. The molecule has 1 aliphatic heterocycles. The summed E-state index contributed by atoms with van der Waals surface area (Å²) in [5, 5.41) is 11.6. The number of aliphatic imine (C=N–C) groups is 1. The molecule has 4 rings (SSSR count). The summed E-state index contributed by atoms with van der Waals surface area (Å²) in [6.07, 6.45) is 6.62. The number of aromatic nitrogens is 2. The molecular formula is C21H30ClIN6O. The van der Waals surface area contributed by atoms with Crippen LogP contribution in [-0.2, 0) is 6.54 Å². The van der Waals surface area contributed by atoms with Gasteiger partial charge in [0.05, 0.1) is 0 Å². The number of nitrogens with zero attached hydrogens (tertiary/aromatic N) is 4. The van der Waals surface area contributed by atoms with Crippen LogP contribution in [0, 0.1) is 0 Å². The van der Waals surface area contributed by atoms with Crippen LogP contribution in [0.3, 0.4) is 0 Å². The van der Waals surface area contributed by atoms with Crippen LogP contribution in [-0.4, -0.2) is 52.7 Å². The molecule has 2 aliphatic rings. The highest BCUT2D eigenvalue weighted by atomic mass is 127. The SMILES string of the molecule is CCNC(=NCc1nc(-c2cccc(Cl)c2)no1)NC1CCN(C2CCCC2)C1.I. The average Bonchev–Trinajstić information content (AvgIpc) is 3.47. The van der Waals surface area contributed by atoms with Crippen molar-refractivity contribution in [3.63, 3.8) is 0 Å². The smallest absolute Gasteiger partial charge is 0.248 e. The van der Waals surface area contributed by atoms with Crippen molar-refractivity contribution in [3.05, 3.63) is 35.2 Å². The maximum absolute atomic E-state index is 6.04. The quantitative estimate of drug-likeness (QED) is 0.324. The molecule has 2 fully saturated rings. The fourth-order valence-electron chi connectivity index (χ4n) is 4.23. The van der Waals surface area contributed by atoms with Gasteiger partial charge in [0, 0.05) is 42.3 Å². The minimum atomic E-state index is 0. The Labute approximate surface area is 200 Å². The standard InChI is InChI=1S/C21H29ClN6O.HI/c1-2-23-21(25-17-10-11-28(14-17)18-8-3-4-9-18)24-13-19-26-20(27-29-19)15-6-5-7-16(22)12-15;/h5-7,12,17-18H,2-4,8-11,13-14H2,1H3,(H2,23,24,25);1H. The van der Waals surface area contributed by atoms with E-state index in [1.807, 2.05) is 24.3 Å². The lowest BCUT2D eigenvalue weighted by Gasteiger charge is -2.24. The Morgan fingerprint density at radius 2 is 2.13 bits per heavy atom. The molecule has 1 unspecified atom stereocenters. The zero-order valence-corrected chi connectivity index (χ0v) is 20.4. The third-order valence-electron chi connectivity index (χ3n) is 5.67. The average molecular weight is 545 g/mol. The number of hydrogen-bond acceptors (Lipinski definition) is 5. The molecular weight excluding hydrogens is 515 g/mol. The van der Waals surface area contributed by atoms with E-state index in [-0.39, 0.29) is 24.0 Å². The summed E-state index contributed by atoms with van der Waals surface area (Å²) in [7, 11) is 0. The first-order chi connectivity index (χ1) is 14.2. The normalized spacial score (nSPS) is 20.3. The van der Waals surface area contributed by atoms with Crippen LogP contribution in [0.4, 0.5) is 0 Å². The third-order valence-corrected chi connectivity index (χ3v) is 5.90. The number of likely N-dealkylation sites (tertiary alicyclic amines) is 1. The van der Waals surface area contributed by atoms with Crippen molar-refractivity contribution in [2.45, 2.75) is 57.7 Å². The Morgan fingerprint density at radius 3 is 2.90 bits per heavy atom. The monoisotopic (exact) mass is 544 g/mol. The molecule has 164 valence electrons. The van der Waals surface area contributed by atoms with Crippen molar-refractivity contribution < 1.29 is 4.52 Å². The second-order valence-electron chi connectivity index (χ2n) is 7.78. The Bertz CT molecular complexity index is 838. The first-order valence-corrected chi connectivity index (χ1v) is 11.0. The topological polar surface area (TPSA) is 78.6 Å². The number of benzene rings is 1. The number of halogens is 2. The van der Waals surface area contributed by atoms with Crippen LogP contribution in [0.2, 0.25) is 5.02 Å². The summed E-state index contributed by atoms with van der Waals surface area (Å²) < 4.78 is 5.37. The number of guanidine groups is 1. The van der Waals surface area contributed by atoms with E-state index in [2.05, 4.69) is 37.6 Å². The fraction of sp³-hybridized carbons (Fsp3) is 0.571. The third kappa shape index (κ3) is 6.07. The zero-order valence-electron chi connectivity index (χ0n) is 17.3. The van der Waals surface area contributed by atoms with Gasteiger partial charge in [0.25, 0.3) is 0 Å². The Hall–Kier alpha value is -1.39. The van der Waals surface area contributed by atoms with E-state index >= 15 is 0 Å². The minimum absolute atomic E-state index is 0. The molecule has 7 nitrogen and oxygen atoms in total. The minimum Gasteiger partial charge on any atom is -0.357 e. The van der Waals surface area contributed by atoms with Gasteiger partial charge < -0.3 is 15.2 Å². The lowest BCUT2D eigenvalue weighted by molar-refractivity contribution is 0.242. The van der Waals surface area contributed by atoms with Gasteiger partial charge in [-0.2, -0.15) is 4.98 Å². The first-order valence-electron chi connectivity index (χ1n) is 10.6. The lowest BCUT2D eigenvalue weighted by Crippen LogP contribution is -2.45. The van der Waals surface area contributed by atoms with Crippen molar-refractivity contribution in [2.24, 2.45) is 4.99 Å². The molecule has 1 saturated carbocycles. The van der Waals surface area contributed by atoms with Gasteiger partial charge in [-0.05, 0) is 38.3 Å². The van der Waals surface area contributed by atoms with Crippen molar-refractivity contribution in [2.75, 3.05) is 19.6 Å². The van der Waals surface area contributed by atoms with E-state index in [0.717, 1.165) is 37.1 Å². The van der Waals surface area contributed by atoms with Gasteiger partial charge >= 0.3 is 0 Å². The molecule has 0 bridgehead atoms. The van der Waals surface area contributed by atoms with Crippen LogP contribution in [0.25, 0.3) is 11.4 Å². The number of hydrogen-bond donors (Lipinski definition) is 2. The molecule has 1 atom stereocenters. The van der Waals surface area contributed by atoms with Gasteiger partial charge in [-0.3, -0.25) is 4.90 Å². The summed E-state index contributed by atoms with van der Waals surface area (Å²) in [4.78, 5) is 11.7. The lowest BCUT2D eigenvalue weighted by atomic mass is 10.2. The van der Waals surface area contributed by atoms with Crippen molar-refractivity contribution in [1.82, 2.24) is 25.7 Å². The van der Waals surface area contributed by atoms with Gasteiger partial charge in [-0.1, -0.05) is 41.7 Å². The van der Waals surface area contributed by atoms with E-state index in [0.29, 0.717) is 29.3 Å². The largest absolute Gasteiger partial charge is 0.357 e. The second kappa shape index (κ2) is 11.3. The summed E-state index contributed by atoms with van der Waals surface area (Å²) in [6, 6.07) is 8.63. The maximum atomic E-state index is 6.04.